The van der Waals surface area contributed by atoms with Crippen LogP contribution in [0.4, 0.5) is 0 Å². The molecule has 0 heterocycles. The zero-order chi connectivity index (χ0) is 26.2. The predicted octanol–water partition coefficient (Wildman–Crippen LogP) is 10.9. The maximum Gasteiger partial charge on any atom is 0.0593 e. The van der Waals surface area contributed by atoms with Crippen molar-refractivity contribution in [2.45, 2.75) is 168 Å². The molecule has 0 fully saturated rings. The summed E-state index contributed by atoms with van der Waals surface area (Å²) in [6, 6.07) is 0. The van der Waals surface area contributed by atoms with Gasteiger partial charge in [0.1, 0.15) is 0 Å². The second-order valence-corrected chi connectivity index (χ2v) is 11.3. The van der Waals surface area contributed by atoms with E-state index in [1.54, 1.807) is 0 Å². The molecule has 0 aliphatic carbocycles. The van der Waals surface area contributed by atoms with Gasteiger partial charge in [-0.05, 0) is 19.9 Å². The molecule has 0 aliphatic heterocycles. The molecule has 0 atom stereocenters. The van der Waals surface area contributed by atoms with E-state index in [0.717, 1.165) is 39.5 Å². The first-order chi connectivity index (χ1) is 17.8. The molecule has 0 radical (unpaired) electrons. The maximum atomic E-state index is 5.84. The lowest BCUT2D eigenvalue weighted by Crippen LogP contribution is -2.27. The van der Waals surface area contributed by atoms with Gasteiger partial charge in [0.05, 0.1) is 13.2 Å². The Hall–Kier alpha value is 0.360. The molecule has 4 heteroatoms. The van der Waals surface area contributed by atoms with E-state index in [4.69, 9.17) is 9.47 Å². The van der Waals surface area contributed by atoms with Crippen LogP contribution in [0.1, 0.15) is 168 Å². The van der Waals surface area contributed by atoms with Gasteiger partial charge in [-0.3, -0.25) is 0 Å². The van der Waals surface area contributed by atoms with Crippen LogP contribution in [-0.2, 0) is 9.47 Å². The van der Waals surface area contributed by atoms with Crippen LogP contribution in [0.2, 0.25) is 0 Å². The van der Waals surface area contributed by atoms with Gasteiger partial charge in [0.15, 0.2) is 0 Å². The molecule has 0 spiro atoms. The molecule has 0 amide bonds. The Morgan fingerprint density at radius 3 is 0.865 bits per heavy atom. The third-order valence-electron chi connectivity index (χ3n) is 7.52. The summed E-state index contributed by atoms with van der Waals surface area (Å²) in [5, 5.41) is 0. The Kier molecular flexibility index (Phi) is 38.8. The highest BCUT2D eigenvalue weighted by Gasteiger charge is 2.00. The van der Waals surface area contributed by atoms with Gasteiger partial charge in [-0.15, -0.1) is 17.0 Å². The monoisotopic (exact) mass is 591 g/mol. The van der Waals surface area contributed by atoms with Crippen molar-refractivity contribution in [2.24, 2.45) is 0 Å². The normalized spacial score (nSPS) is 11.4. The van der Waals surface area contributed by atoms with Crippen LogP contribution in [0.5, 0.6) is 0 Å². The standard InChI is InChI=1S/C33H69NO2.BrH/c1-4-6-8-10-12-14-16-18-20-22-24-26-30-35-32-28-34(3)29-33-36-31-27-25-23-21-19-17-15-13-11-9-7-5-2;/h4-33H2,1-3H3;1H. The number of halogens is 1. The van der Waals surface area contributed by atoms with Gasteiger partial charge in [-0.25, -0.2) is 0 Å². The number of unbranched alkanes of at least 4 members (excludes halogenated alkanes) is 22. The van der Waals surface area contributed by atoms with Gasteiger partial charge < -0.3 is 14.4 Å². The van der Waals surface area contributed by atoms with Crippen LogP contribution in [0, 0.1) is 0 Å². The molecular formula is C33H70BrNO2. The summed E-state index contributed by atoms with van der Waals surface area (Å²) in [5.41, 5.74) is 0. The van der Waals surface area contributed by atoms with Crippen molar-refractivity contribution >= 4 is 17.0 Å². The lowest BCUT2D eigenvalue weighted by molar-refractivity contribution is 0.0814. The highest BCUT2D eigenvalue weighted by molar-refractivity contribution is 8.93. The third-order valence-corrected chi connectivity index (χ3v) is 7.52. The molecule has 0 bridgehead atoms. The van der Waals surface area contributed by atoms with Crippen molar-refractivity contribution in [3.63, 3.8) is 0 Å². The Morgan fingerprint density at radius 1 is 0.351 bits per heavy atom. The zero-order valence-electron chi connectivity index (χ0n) is 25.9. The van der Waals surface area contributed by atoms with E-state index in [2.05, 4.69) is 25.8 Å². The van der Waals surface area contributed by atoms with E-state index in [1.165, 1.54) is 154 Å². The fourth-order valence-corrected chi connectivity index (χ4v) is 4.85. The van der Waals surface area contributed by atoms with E-state index in [-0.39, 0.29) is 17.0 Å². The number of nitrogens with zero attached hydrogens (tertiary/aromatic N) is 1. The predicted molar refractivity (Wildman–Crippen MR) is 172 cm³/mol. The summed E-state index contributed by atoms with van der Waals surface area (Å²) >= 11 is 0. The van der Waals surface area contributed by atoms with Crippen LogP contribution < -0.4 is 0 Å². The second-order valence-electron chi connectivity index (χ2n) is 11.3. The van der Waals surface area contributed by atoms with Crippen LogP contribution >= 0.6 is 17.0 Å². The van der Waals surface area contributed by atoms with Crippen LogP contribution in [-0.4, -0.2) is 51.5 Å². The molecule has 37 heavy (non-hydrogen) atoms. The topological polar surface area (TPSA) is 21.7 Å². The van der Waals surface area contributed by atoms with Crippen molar-refractivity contribution in [3.05, 3.63) is 0 Å². The van der Waals surface area contributed by atoms with E-state index >= 15 is 0 Å². The van der Waals surface area contributed by atoms with Crippen LogP contribution in [0.3, 0.4) is 0 Å². The second kappa shape index (κ2) is 36.4. The molecule has 0 aromatic rings. The summed E-state index contributed by atoms with van der Waals surface area (Å²) < 4.78 is 11.7. The highest BCUT2D eigenvalue weighted by Crippen LogP contribution is 2.13. The Morgan fingerprint density at radius 2 is 0.595 bits per heavy atom. The fraction of sp³-hybridized carbons (Fsp3) is 1.00. The molecule has 0 rings (SSSR count). The fourth-order valence-electron chi connectivity index (χ4n) is 4.85. The first-order valence-electron chi connectivity index (χ1n) is 16.6. The lowest BCUT2D eigenvalue weighted by atomic mass is 10.1. The van der Waals surface area contributed by atoms with E-state index < -0.39 is 0 Å². The van der Waals surface area contributed by atoms with Crippen LogP contribution in [0.25, 0.3) is 0 Å². The quantitative estimate of drug-likeness (QED) is 0.0725. The summed E-state index contributed by atoms with van der Waals surface area (Å²) in [5.74, 6) is 0. The third kappa shape index (κ3) is 36.4. The molecule has 0 aliphatic rings. The molecule has 226 valence electrons. The van der Waals surface area contributed by atoms with Gasteiger partial charge in [0.25, 0.3) is 0 Å². The largest absolute Gasteiger partial charge is 0.380 e. The van der Waals surface area contributed by atoms with Crippen molar-refractivity contribution < 1.29 is 9.47 Å². The van der Waals surface area contributed by atoms with Gasteiger partial charge in [-0.1, -0.05) is 155 Å². The van der Waals surface area contributed by atoms with Crippen molar-refractivity contribution in [1.29, 1.82) is 0 Å². The number of hydrogen-bond donors (Lipinski definition) is 0. The average Bonchev–Trinajstić information content (AvgIpc) is 2.88. The molecule has 0 aromatic heterocycles. The minimum Gasteiger partial charge on any atom is -0.380 e. The van der Waals surface area contributed by atoms with Crippen molar-refractivity contribution in [3.8, 4) is 0 Å². The smallest absolute Gasteiger partial charge is 0.0593 e. The number of ether oxygens (including phenoxy) is 2. The minimum atomic E-state index is 0. The molecule has 0 N–H and O–H groups in total. The zero-order valence-corrected chi connectivity index (χ0v) is 27.6. The Balaban J connectivity index is 0. The van der Waals surface area contributed by atoms with Gasteiger partial charge in [-0.2, -0.15) is 0 Å². The summed E-state index contributed by atoms with van der Waals surface area (Å²) in [4.78, 5) is 2.34. The Bertz CT molecular complexity index is 349. The SMILES string of the molecule is Br.CCCCCCCCCCCCCCOCCN(C)CCOCCCCCCCCCCCCCC. The molecular weight excluding hydrogens is 522 g/mol. The Labute approximate surface area is 245 Å². The summed E-state index contributed by atoms with van der Waals surface area (Å²) in [6.45, 7) is 10.2. The number of rotatable bonds is 32. The van der Waals surface area contributed by atoms with Gasteiger partial charge in [0, 0.05) is 26.3 Å². The van der Waals surface area contributed by atoms with Gasteiger partial charge >= 0.3 is 0 Å². The van der Waals surface area contributed by atoms with Gasteiger partial charge in [0.2, 0.25) is 0 Å². The van der Waals surface area contributed by atoms with E-state index in [1.807, 2.05) is 0 Å². The number of likely N-dealkylation sites (N-methyl/N-ethyl adjacent to an activating group) is 1. The molecule has 0 unspecified atom stereocenters. The molecule has 3 nitrogen and oxygen atoms in total. The van der Waals surface area contributed by atoms with E-state index in [9.17, 15) is 0 Å². The van der Waals surface area contributed by atoms with Crippen LogP contribution in [0.15, 0.2) is 0 Å². The average molecular weight is 593 g/mol. The molecule has 0 saturated carbocycles. The minimum absolute atomic E-state index is 0. The van der Waals surface area contributed by atoms with Crippen molar-refractivity contribution in [1.82, 2.24) is 4.90 Å². The first-order valence-corrected chi connectivity index (χ1v) is 16.6. The van der Waals surface area contributed by atoms with Crippen molar-refractivity contribution in [2.75, 3.05) is 46.6 Å². The number of hydrogen-bond acceptors (Lipinski definition) is 3. The lowest BCUT2D eigenvalue weighted by Gasteiger charge is -2.16. The summed E-state index contributed by atoms with van der Waals surface area (Å²) in [7, 11) is 2.18. The first kappa shape index (κ1) is 39.5. The summed E-state index contributed by atoms with van der Waals surface area (Å²) in [6.07, 6.45) is 33.6. The molecule has 0 aromatic carbocycles. The highest BCUT2D eigenvalue weighted by atomic mass is 79.9. The molecule has 0 saturated heterocycles. The maximum absolute atomic E-state index is 5.84. The van der Waals surface area contributed by atoms with E-state index in [0.29, 0.717) is 0 Å².